The molecule has 0 bridgehead atoms. The fourth-order valence-electron chi connectivity index (χ4n) is 1.36. The first kappa shape index (κ1) is 13.0. The zero-order valence-corrected chi connectivity index (χ0v) is 9.26. The van der Waals surface area contributed by atoms with Gasteiger partial charge in [0.15, 0.2) is 0 Å². The van der Waals surface area contributed by atoms with E-state index in [4.69, 9.17) is 11.6 Å². The maximum atomic E-state index is 10.5. The number of hydrogen-bond donors (Lipinski definition) is 3. The topological polar surface area (TPSA) is 77.8 Å². The van der Waals surface area contributed by atoms with E-state index in [1.807, 2.05) is 0 Å². The number of phenolic OH excluding ortho intramolecular Hbond substituents is 1. The zero-order valence-electron chi connectivity index (χ0n) is 8.51. The van der Waals surface area contributed by atoms with Crippen LogP contribution < -0.4 is 0 Å². The van der Waals surface area contributed by atoms with E-state index in [0.29, 0.717) is 11.8 Å². The van der Waals surface area contributed by atoms with Crippen molar-refractivity contribution in [1.82, 2.24) is 0 Å². The molecule has 0 aliphatic rings. The Morgan fingerprint density at radius 3 is 2.62 bits per heavy atom. The standard InChI is InChI=1S/C11H13ClO4/c12-4-3-10(15)11(16)8-5-7(6-13)1-2-9(8)14/h1-2,5-6,10-11,14-16H,3-4H2. The number of aliphatic hydroxyl groups excluding tert-OH is 2. The molecule has 1 aromatic carbocycles. The number of aromatic hydroxyl groups is 1. The minimum atomic E-state index is -1.25. The Kier molecular flexibility index (Phi) is 4.73. The second-order valence-corrected chi connectivity index (χ2v) is 3.80. The van der Waals surface area contributed by atoms with Gasteiger partial charge in [-0.25, -0.2) is 0 Å². The molecule has 0 fully saturated rings. The summed E-state index contributed by atoms with van der Waals surface area (Å²) in [6.45, 7) is 0. The van der Waals surface area contributed by atoms with Gasteiger partial charge in [-0.2, -0.15) is 0 Å². The average molecular weight is 245 g/mol. The SMILES string of the molecule is O=Cc1ccc(O)c(C(O)C(O)CCCl)c1. The summed E-state index contributed by atoms with van der Waals surface area (Å²) >= 11 is 5.44. The number of carbonyl (C=O) groups is 1. The van der Waals surface area contributed by atoms with Crippen molar-refractivity contribution >= 4 is 17.9 Å². The van der Waals surface area contributed by atoms with Gasteiger partial charge < -0.3 is 15.3 Å². The Hall–Kier alpha value is -1.10. The molecular formula is C11H13ClO4. The van der Waals surface area contributed by atoms with Gasteiger partial charge in [0.1, 0.15) is 18.1 Å². The van der Waals surface area contributed by atoms with Crippen molar-refractivity contribution in [3.63, 3.8) is 0 Å². The number of carbonyl (C=O) groups excluding carboxylic acids is 1. The van der Waals surface area contributed by atoms with E-state index in [9.17, 15) is 20.1 Å². The number of aldehydes is 1. The maximum Gasteiger partial charge on any atom is 0.150 e. The van der Waals surface area contributed by atoms with Crippen LogP contribution in [0.1, 0.15) is 28.4 Å². The Morgan fingerprint density at radius 2 is 2.06 bits per heavy atom. The first-order valence-corrected chi connectivity index (χ1v) is 5.33. The van der Waals surface area contributed by atoms with Gasteiger partial charge >= 0.3 is 0 Å². The predicted molar refractivity (Wildman–Crippen MR) is 59.8 cm³/mol. The van der Waals surface area contributed by atoms with Crippen LogP contribution in [0.15, 0.2) is 18.2 Å². The lowest BCUT2D eigenvalue weighted by Gasteiger charge is -2.18. The molecule has 16 heavy (non-hydrogen) atoms. The number of halogens is 1. The van der Waals surface area contributed by atoms with Crippen LogP contribution in [0.5, 0.6) is 5.75 Å². The van der Waals surface area contributed by atoms with E-state index < -0.39 is 12.2 Å². The normalized spacial score (nSPS) is 14.4. The summed E-state index contributed by atoms with van der Waals surface area (Å²) in [6.07, 6.45) is -1.51. The molecule has 0 radical (unpaired) electrons. The van der Waals surface area contributed by atoms with Crippen LogP contribution in [0.3, 0.4) is 0 Å². The highest BCUT2D eigenvalue weighted by Gasteiger charge is 2.21. The van der Waals surface area contributed by atoms with Crippen LogP contribution in [-0.4, -0.2) is 33.6 Å². The van der Waals surface area contributed by atoms with Gasteiger partial charge in [0.2, 0.25) is 0 Å². The monoisotopic (exact) mass is 244 g/mol. The molecule has 0 aliphatic heterocycles. The molecule has 5 heteroatoms. The summed E-state index contributed by atoms with van der Waals surface area (Å²) in [6, 6.07) is 4.06. The largest absolute Gasteiger partial charge is 0.508 e. The van der Waals surface area contributed by atoms with E-state index in [1.54, 1.807) is 0 Å². The lowest BCUT2D eigenvalue weighted by molar-refractivity contribution is 0.0156. The van der Waals surface area contributed by atoms with Crippen molar-refractivity contribution in [3.8, 4) is 5.75 Å². The molecule has 4 nitrogen and oxygen atoms in total. The van der Waals surface area contributed by atoms with Gasteiger partial charge in [-0.1, -0.05) is 0 Å². The van der Waals surface area contributed by atoms with Crippen molar-refractivity contribution in [2.45, 2.75) is 18.6 Å². The van der Waals surface area contributed by atoms with Crippen LogP contribution >= 0.6 is 11.6 Å². The summed E-state index contributed by atoms with van der Waals surface area (Å²) in [7, 11) is 0. The van der Waals surface area contributed by atoms with Gasteiger partial charge in [0.05, 0.1) is 6.10 Å². The van der Waals surface area contributed by atoms with E-state index in [0.717, 1.165) is 0 Å². The highest BCUT2D eigenvalue weighted by Crippen LogP contribution is 2.28. The molecule has 0 aliphatic carbocycles. The van der Waals surface area contributed by atoms with Crippen molar-refractivity contribution < 1.29 is 20.1 Å². The van der Waals surface area contributed by atoms with Gasteiger partial charge in [-0.3, -0.25) is 4.79 Å². The number of alkyl halides is 1. The van der Waals surface area contributed by atoms with E-state index >= 15 is 0 Å². The van der Waals surface area contributed by atoms with Gasteiger partial charge in [-0.15, -0.1) is 11.6 Å². The third-order valence-electron chi connectivity index (χ3n) is 2.28. The van der Waals surface area contributed by atoms with E-state index in [2.05, 4.69) is 0 Å². The fourth-order valence-corrected chi connectivity index (χ4v) is 1.58. The third kappa shape index (κ3) is 2.95. The minimum Gasteiger partial charge on any atom is -0.508 e. The van der Waals surface area contributed by atoms with Crippen LogP contribution in [0.25, 0.3) is 0 Å². The molecule has 0 heterocycles. The molecule has 0 spiro atoms. The molecule has 2 atom stereocenters. The molecule has 0 aromatic heterocycles. The molecule has 0 amide bonds. The molecule has 2 unspecified atom stereocenters. The van der Waals surface area contributed by atoms with Crippen molar-refractivity contribution in [3.05, 3.63) is 29.3 Å². The van der Waals surface area contributed by atoms with Crippen LogP contribution in [0.4, 0.5) is 0 Å². The average Bonchev–Trinajstić information content (AvgIpc) is 2.29. The Labute approximate surface area is 98.1 Å². The summed E-state index contributed by atoms with van der Waals surface area (Å²) in [5.74, 6) is 0.0403. The quantitative estimate of drug-likeness (QED) is 0.538. The van der Waals surface area contributed by atoms with Gasteiger partial charge in [0, 0.05) is 17.0 Å². The van der Waals surface area contributed by atoms with Crippen LogP contribution in [0, 0.1) is 0 Å². The minimum absolute atomic E-state index is 0.127. The van der Waals surface area contributed by atoms with Gasteiger partial charge in [-0.05, 0) is 24.6 Å². The Bertz CT molecular complexity index is 367. The summed E-state index contributed by atoms with van der Waals surface area (Å²) in [4.78, 5) is 10.5. The van der Waals surface area contributed by atoms with Crippen molar-refractivity contribution in [1.29, 1.82) is 0 Å². The van der Waals surface area contributed by atoms with E-state index in [1.165, 1.54) is 18.2 Å². The Morgan fingerprint density at radius 1 is 1.38 bits per heavy atom. The number of rotatable bonds is 5. The van der Waals surface area contributed by atoms with E-state index in [-0.39, 0.29) is 23.6 Å². The smallest absolute Gasteiger partial charge is 0.150 e. The van der Waals surface area contributed by atoms with Crippen molar-refractivity contribution in [2.24, 2.45) is 0 Å². The van der Waals surface area contributed by atoms with Crippen molar-refractivity contribution in [2.75, 3.05) is 5.88 Å². The summed E-state index contributed by atoms with van der Waals surface area (Å²) in [5, 5.41) is 28.8. The fraction of sp³-hybridized carbons (Fsp3) is 0.364. The lowest BCUT2D eigenvalue weighted by Crippen LogP contribution is -2.18. The first-order valence-electron chi connectivity index (χ1n) is 4.80. The van der Waals surface area contributed by atoms with Crippen LogP contribution in [-0.2, 0) is 0 Å². The molecular weight excluding hydrogens is 232 g/mol. The lowest BCUT2D eigenvalue weighted by atomic mass is 10.00. The predicted octanol–water partition coefficient (Wildman–Crippen LogP) is 1.23. The molecule has 3 N–H and O–H groups in total. The number of aliphatic hydroxyl groups is 2. The molecule has 88 valence electrons. The highest BCUT2D eigenvalue weighted by molar-refractivity contribution is 6.17. The Balaban J connectivity index is 2.97. The summed E-state index contributed by atoms with van der Waals surface area (Å²) in [5.41, 5.74) is 0.451. The maximum absolute atomic E-state index is 10.5. The second-order valence-electron chi connectivity index (χ2n) is 3.43. The molecule has 0 saturated heterocycles. The highest BCUT2D eigenvalue weighted by atomic mass is 35.5. The number of hydrogen-bond acceptors (Lipinski definition) is 4. The number of benzene rings is 1. The second kappa shape index (κ2) is 5.84. The summed E-state index contributed by atoms with van der Waals surface area (Å²) < 4.78 is 0. The van der Waals surface area contributed by atoms with Crippen LogP contribution in [0.2, 0.25) is 0 Å². The molecule has 1 rings (SSSR count). The molecule has 1 aromatic rings. The first-order chi connectivity index (χ1) is 7.60. The third-order valence-corrected chi connectivity index (χ3v) is 2.49. The van der Waals surface area contributed by atoms with Gasteiger partial charge in [0.25, 0.3) is 0 Å². The molecule has 0 saturated carbocycles. The number of phenols is 1. The zero-order chi connectivity index (χ0) is 12.1.